The van der Waals surface area contributed by atoms with Gasteiger partial charge in [0.15, 0.2) is 0 Å². The van der Waals surface area contributed by atoms with Crippen molar-refractivity contribution in [1.29, 1.82) is 0 Å². The first kappa shape index (κ1) is 8.99. The molecule has 2 heterocycles. The molecule has 4 nitrogen and oxygen atoms in total. The molecule has 4 heteroatoms. The van der Waals surface area contributed by atoms with E-state index in [4.69, 9.17) is 5.11 Å². The Kier molecular flexibility index (Phi) is 2.11. The van der Waals surface area contributed by atoms with E-state index in [1.165, 1.54) is 0 Å². The number of pyridine rings is 1. The van der Waals surface area contributed by atoms with E-state index < -0.39 is 12.0 Å². The monoisotopic (exact) mass is 192 g/mol. The first-order valence-electron chi connectivity index (χ1n) is 4.63. The first-order valence-corrected chi connectivity index (χ1v) is 4.63. The number of fused-ring (bicyclic) bond motifs is 1. The van der Waals surface area contributed by atoms with Crippen LogP contribution in [0.3, 0.4) is 0 Å². The Bertz CT molecular complexity index is 365. The molecule has 0 radical (unpaired) electrons. The number of aromatic nitrogens is 1. The van der Waals surface area contributed by atoms with Gasteiger partial charge in [0.05, 0.1) is 11.4 Å². The summed E-state index contributed by atoms with van der Waals surface area (Å²) in [5.74, 6) is -0.790. The molecule has 1 aliphatic rings. The van der Waals surface area contributed by atoms with Crippen LogP contribution in [-0.4, -0.2) is 28.6 Å². The summed E-state index contributed by atoms with van der Waals surface area (Å²) in [7, 11) is 0. The van der Waals surface area contributed by atoms with Crippen molar-refractivity contribution in [3.8, 4) is 0 Å². The van der Waals surface area contributed by atoms with Crippen molar-refractivity contribution in [1.82, 2.24) is 4.98 Å². The van der Waals surface area contributed by atoms with Crippen LogP contribution in [0.1, 0.15) is 12.6 Å². The highest BCUT2D eigenvalue weighted by atomic mass is 16.4. The van der Waals surface area contributed by atoms with Crippen molar-refractivity contribution in [2.45, 2.75) is 19.4 Å². The Morgan fingerprint density at radius 1 is 1.71 bits per heavy atom. The zero-order chi connectivity index (χ0) is 10.1. The molecule has 1 unspecified atom stereocenters. The predicted molar refractivity (Wildman–Crippen MR) is 52.4 cm³/mol. The summed E-state index contributed by atoms with van der Waals surface area (Å²) in [5.41, 5.74) is 1.96. The van der Waals surface area contributed by atoms with Crippen molar-refractivity contribution in [3.05, 3.63) is 24.0 Å². The van der Waals surface area contributed by atoms with Gasteiger partial charge < -0.3 is 10.0 Å². The van der Waals surface area contributed by atoms with Gasteiger partial charge >= 0.3 is 5.97 Å². The fraction of sp³-hybridized carbons (Fsp3) is 0.400. The first-order chi connectivity index (χ1) is 6.70. The maximum absolute atomic E-state index is 10.8. The highest BCUT2D eigenvalue weighted by Crippen LogP contribution is 2.27. The van der Waals surface area contributed by atoms with Crippen molar-refractivity contribution in [2.24, 2.45) is 0 Å². The lowest BCUT2D eigenvalue weighted by Crippen LogP contribution is -2.37. The molecule has 2 rings (SSSR count). The fourth-order valence-electron chi connectivity index (χ4n) is 1.77. The lowest BCUT2D eigenvalue weighted by atomic mass is 10.2. The van der Waals surface area contributed by atoms with Gasteiger partial charge in [0.2, 0.25) is 0 Å². The van der Waals surface area contributed by atoms with Gasteiger partial charge in [-0.1, -0.05) is 0 Å². The average Bonchev–Trinajstić information content (AvgIpc) is 2.60. The van der Waals surface area contributed by atoms with Gasteiger partial charge in [-0.05, 0) is 19.1 Å². The summed E-state index contributed by atoms with van der Waals surface area (Å²) in [5, 5.41) is 8.91. The normalized spacial score (nSPS) is 16.5. The number of carboxylic acids is 1. The molecular weight excluding hydrogens is 180 g/mol. The molecular formula is C10H12N2O2. The van der Waals surface area contributed by atoms with Gasteiger partial charge in [-0.25, -0.2) is 4.79 Å². The van der Waals surface area contributed by atoms with Gasteiger partial charge in [0, 0.05) is 19.2 Å². The highest BCUT2D eigenvalue weighted by Gasteiger charge is 2.27. The molecule has 1 aromatic rings. The van der Waals surface area contributed by atoms with E-state index in [1.54, 1.807) is 13.1 Å². The number of nitrogens with zero attached hydrogens (tertiary/aromatic N) is 2. The predicted octanol–water partition coefficient (Wildman–Crippen LogP) is 0.917. The van der Waals surface area contributed by atoms with Crippen LogP contribution < -0.4 is 4.90 Å². The lowest BCUT2D eigenvalue weighted by Gasteiger charge is -2.23. The quantitative estimate of drug-likeness (QED) is 0.757. The van der Waals surface area contributed by atoms with Crippen LogP contribution >= 0.6 is 0 Å². The molecule has 0 amide bonds. The van der Waals surface area contributed by atoms with Crippen LogP contribution in [0, 0.1) is 0 Å². The van der Waals surface area contributed by atoms with Crippen LogP contribution in [0.4, 0.5) is 5.69 Å². The number of hydrogen-bond donors (Lipinski definition) is 1. The Morgan fingerprint density at radius 3 is 3.21 bits per heavy atom. The topological polar surface area (TPSA) is 53.4 Å². The largest absolute Gasteiger partial charge is 0.480 e. The summed E-state index contributed by atoms with van der Waals surface area (Å²) < 4.78 is 0. The van der Waals surface area contributed by atoms with E-state index in [0.29, 0.717) is 0 Å². The second kappa shape index (κ2) is 3.29. The van der Waals surface area contributed by atoms with Crippen molar-refractivity contribution in [3.63, 3.8) is 0 Å². The zero-order valence-corrected chi connectivity index (χ0v) is 7.97. The second-order valence-electron chi connectivity index (χ2n) is 3.43. The third-order valence-electron chi connectivity index (χ3n) is 2.59. The van der Waals surface area contributed by atoms with Gasteiger partial charge in [-0.3, -0.25) is 4.98 Å². The van der Waals surface area contributed by atoms with Gasteiger partial charge in [0.1, 0.15) is 6.04 Å². The number of rotatable bonds is 2. The van der Waals surface area contributed by atoms with Crippen LogP contribution in [0.2, 0.25) is 0 Å². The van der Waals surface area contributed by atoms with E-state index in [1.807, 2.05) is 17.0 Å². The third kappa shape index (κ3) is 1.32. The maximum atomic E-state index is 10.8. The van der Waals surface area contributed by atoms with Crippen molar-refractivity contribution >= 4 is 11.7 Å². The Morgan fingerprint density at radius 2 is 2.50 bits per heavy atom. The summed E-state index contributed by atoms with van der Waals surface area (Å²) in [4.78, 5) is 16.9. The number of carboxylic acid groups (broad SMARTS) is 1. The second-order valence-corrected chi connectivity index (χ2v) is 3.43. The molecule has 1 N–H and O–H groups in total. The SMILES string of the molecule is CC(C(=O)O)N1CCc2ncccc21. The number of aliphatic carboxylic acids is 1. The maximum Gasteiger partial charge on any atom is 0.326 e. The van der Waals surface area contributed by atoms with E-state index >= 15 is 0 Å². The summed E-state index contributed by atoms with van der Waals surface area (Å²) in [6.45, 7) is 2.45. The molecule has 74 valence electrons. The molecule has 0 bridgehead atoms. The van der Waals surface area contributed by atoms with Crippen LogP contribution in [0.15, 0.2) is 18.3 Å². The lowest BCUT2D eigenvalue weighted by molar-refractivity contribution is -0.138. The molecule has 1 aliphatic heterocycles. The smallest absolute Gasteiger partial charge is 0.326 e. The van der Waals surface area contributed by atoms with Crippen molar-refractivity contribution < 1.29 is 9.90 Å². The molecule has 1 atom stereocenters. The minimum atomic E-state index is -0.790. The zero-order valence-electron chi connectivity index (χ0n) is 7.97. The molecule has 14 heavy (non-hydrogen) atoms. The molecule has 1 aromatic heterocycles. The molecule has 0 aromatic carbocycles. The number of carbonyl (C=O) groups is 1. The fourth-order valence-corrected chi connectivity index (χ4v) is 1.77. The Balaban J connectivity index is 2.30. The molecule has 0 saturated carbocycles. The molecule has 0 fully saturated rings. The molecule has 0 saturated heterocycles. The van der Waals surface area contributed by atoms with Crippen LogP contribution in [-0.2, 0) is 11.2 Å². The molecule has 0 aliphatic carbocycles. The van der Waals surface area contributed by atoms with Gasteiger partial charge in [0.25, 0.3) is 0 Å². The van der Waals surface area contributed by atoms with E-state index in [9.17, 15) is 4.79 Å². The molecule has 0 spiro atoms. The minimum Gasteiger partial charge on any atom is -0.480 e. The average molecular weight is 192 g/mol. The third-order valence-corrected chi connectivity index (χ3v) is 2.59. The summed E-state index contributed by atoms with van der Waals surface area (Å²) in [6, 6.07) is 3.29. The van der Waals surface area contributed by atoms with E-state index in [-0.39, 0.29) is 0 Å². The number of anilines is 1. The van der Waals surface area contributed by atoms with Gasteiger partial charge in [-0.2, -0.15) is 0 Å². The Labute approximate surface area is 82.2 Å². The van der Waals surface area contributed by atoms with Crippen molar-refractivity contribution in [2.75, 3.05) is 11.4 Å². The van der Waals surface area contributed by atoms with Gasteiger partial charge in [-0.15, -0.1) is 0 Å². The summed E-state index contributed by atoms with van der Waals surface area (Å²) in [6.07, 6.45) is 2.58. The number of hydrogen-bond acceptors (Lipinski definition) is 3. The van der Waals surface area contributed by atoms with Crippen LogP contribution in [0.25, 0.3) is 0 Å². The highest BCUT2D eigenvalue weighted by molar-refractivity contribution is 5.78. The van der Waals surface area contributed by atoms with E-state index in [0.717, 1.165) is 24.3 Å². The standard InChI is InChI=1S/C10H12N2O2/c1-7(10(13)14)12-6-4-8-9(12)3-2-5-11-8/h2-3,5,7H,4,6H2,1H3,(H,13,14). The Hall–Kier alpha value is -1.58. The summed E-state index contributed by atoms with van der Waals surface area (Å²) >= 11 is 0. The minimum absolute atomic E-state index is 0.472. The van der Waals surface area contributed by atoms with Crippen LogP contribution in [0.5, 0.6) is 0 Å². The van der Waals surface area contributed by atoms with E-state index in [2.05, 4.69) is 4.98 Å².